The van der Waals surface area contributed by atoms with E-state index in [1.807, 2.05) is 24.3 Å². The highest BCUT2D eigenvalue weighted by atomic mass is 35.5. The monoisotopic (exact) mass is 370 g/mol. The molecule has 1 aliphatic carbocycles. The molecular formula is C19H19ClN4O2. The number of ether oxygens (including phenoxy) is 1. The van der Waals surface area contributed by atoms with Gasteiger partial charge in [-0.3, -0.25) is 0 Å². The predicted molar refractivity (Wildman–Crippen MR) is 101 cm³/mol. The quantitative estimate of drug-likeness (QED) is 0.673. The van der Waals surface area contributed by atoms with Gasteiger partial charge in [0.2, 0.25) is 5.28 Å². The van der Waals surface area contributed by atoms with Crippen LogP contribution in [0, 0.1) is 0 Å². The number of anilines is 2. The van der Waals surface area contributed by atoms with Crippen molar-refractivity contribution in [3.05, 3.63) is 48.1 Å². The lowest BCUT2D eigenvalue weighted by molar-refractivity contribution is 0.0537. The molecule has 3 aromatic rings. The Morgan fingerprint density at radius 2 is 1.96 bits per heavy atom. The molecule has 26 heavy (non-hydrogen) atoms. The van der Waals surface area contributed by atoms with E-state index >= 15 is 0 Å². The van der Waals surface area contributed by atoms with Crippen LogP contribution in [0.3, 0.4) is 0 Å². The third kappa shape index (κ3) is 3.86. The molecule has 7 heteroatoms. The van der Waals surface area contributed by atoms with Gasteiger partial charge in [0.25, 0.3) is 0 Å². The van der Waals surface area contributed by atoms with Crippen molar-refractivity contribution in [1.82, 2.24) is 15.0 Å². The van der Waals surface area contributed by atoms with Gasteiger partial charge in [-0.15, -0.1) is 0 Å². The summed E-state index contributed by atoms with van der Waals surface area (Å²) >= 11 is 5.72. The standard InChI is InChI=1S/C19H19ClN4O2/c20-19-22-10-13(11-23-19)24-18-17-5-4-16(8-12(17)6-7-21-18)26-15-3-1-2-14(25)9-15/h4-8,10-11,14-15,25H,1-3,9H2,(H,21,24)/t14?,15-/m0/s1. The molecule has 6 nitrogen and oxygen atoms in total. The van der Waals surface area contributed by atoms with E-state index in [0.29, 0.717) is 17.9 Å². The summed E-state index contributed by atoms with van der Waals surface area (Å²) in [7, 11) is 0. The highest BCUT2D eigenvalue weighted by Gasteiger charge is 2.21. The Labute approximate surface area is 156 Å². The van der Waals surface area contributed by atoms with E-state index in [9.17, 15) is 5.11 Å². The number of rotatable bonds is 4. The SMILES string of the molecule is OC1CCC[C@H](Oc2ccc3c(Nc4cnc(Cl)nc4)nccc3c2)C1. The molecule has 0 radical (unpaired) electrons. The predicted octanol–water partition coefficient (Wildman–Crippen LogP) is 4.10. The van der Waals surface area contributed by atoms with Crippen molar-refractivity contribution >= 4 is 33.9 Å². The van der Waals surface area contributed by atoms with E-state index in [0.717, 1.165) is 35.8 Å². The zero-order valence-electron chi connectivity index (χ0n) is 14.1. The first kappa shape index (κ1) is 17.0. The normalized spacial score (nSPS) is 20.1. The largest absolute Gasteiger partial charge is 0.490 e. The van der Waals surface area contributed by atoms with E-state index in [4.69, 9.17) is 16.3 Å². The van der Waals surface area contributed by atoms with Gasteiger partial charge in [0, 0.05) is 18.0 Å². The lowest BCUT2D eigenvalue weighted by Crippen LogP contribution is -2.28. The van der Waals surface area contributed by atoms with Gasteiger partial charge in [0.1, 0.15) is 17.7 Å². The number of hydrogen-bond donors (Lipinski definition) is 2. The van der Waals surface area contributed by atoms with E-state index in [-0.39, 0.29) is 17.5 Å². The van der Waals surface area contributed by atoms with Crippen molar-refractivity contribution in [3.8, 4) is 5.75 Å². The Kier molecular flexibility index (Phi) is 4.86. The summed E-state index contributed by atoms with van der Waals surface area (Å²) in [5.41, 5.74) is 0.714. The fourth-order valence-corrected chi connectivity index (χ4v) is 3.36. The van der Waals surface area contributed by atoms with Crippen LogP contribution in [0.5, 0.6) is 5.75 Å². The van der Waals surface area contributed by atoms with Gasteiger partial charge in [0.05, 0.1) is 24.2 Å². The van der Waals surface area contributed by atoms with E-state index in [1.165, 1.54) is 0 Å². The van der Waals surface area contributed by atoms with Gasteiger partial charge >= 0.3 is 0 Å². The van der Waals surface area contributed by atoms with Gasteiger partial charge in [-0.2, -0.15) is 0 Å². The van der Waals surface area contributed by atoms with Gasteiger partial charge in [-0.25, -0.2) is 15.0 Å². The highest BCUT2D eigenvalue weighted by Crippen LogP contribution is 2.29. The highest BCUT2D eigenvalue weighted by molar-refractivity contribution is 6.28. The Morgan fingerprint density at radius 3 is 2.77 bits per heavy atom. The molecule has 1 unspecified atom stereocenters. The minimum Gasteiger partial charge on any atom is -0.490 e. The van der Waals surface area contributed by atoms with Crippen LogP contribution in [-0.4, -0.2) is 32.3 Å². The van der Waals surface area contributed by atoms with E-state index < -0.39 is 0 Å². The van der Waals surface area contributed by atoms with Crippen LogP contribution < -0.4 is 10.1 Å². The summed E-state index contributed by atoms with van der Waals surface area (Å²) in [4.78, 5) is 12.3. The molecule has 1 aliphatic rings. The topological polar surface area (TPSA) is 80.2 Å². The van der Waals surface area contributed by atoms with E-state index in [1.54, 1.807) is 18.6 Å². The first-order chi connectivity index (χ1) is 12.7. The number of hydrogen-bond acceptors (Lipinski definition) is 6. The molecule has 2 heterocycles. The molecule has 134 valence electrons. The van der Waals surface area contributed by atoms with Crippen LogP contribution in [-0.2, 0) is 0 Å². The fourth-order valence-electron chi connectivity index (χ4n) is 3.26. The van der Waals surface area contributed by atoms with Crippen LogP contribution in [0.15, 0.2) is 42.9 Å². The maximum absolute atomic E-state index is 9.81. The zero-order valence-corrected chi connectivity index (χ0v) is 14.9. The van der Waals surface area contributed by atoms with Crippen LogP contribution in [0.25, 0.3) is 10.8 Å². The number of nitrogens with zero attached hydrogens (tertiary/aromatic N) is 3. The minimum atomic E-state index is -0.254. The second-order valence-corrected chi connectivity index (χ2v) is 6.81. The number of benzene rings is 1. The molecule has 2 atom stereocenters. The van der Waals surface area contributed by atoms with Gasteiger partial charge < -0.3 is 15.2 Å². The zero-order chi connectivity index (χ0) is 17.9. The molecule has 0 saturated heterocycles. The molecule has 0 spiro atoms. The van der Waals surface area contributed by atoms with E-state index in [2.05, 4.69) is 20.3 Å². The summed E-state index contributed by atoms with van der Waals surface area (Å²) in [6.45, 7) is 0. The lowest BCUT2D eigenvalue weighted by atomic mass is 9.95. The van der Waals surface area contributed by atoms with Crippen molar-refractivity contribution in [2.24, 2.45) is 0 Å². The van der Waals surface area contributed by atoms with Gasteiger partial charge in [-0.1, -0.05) is 0 Å². The molecule has 2 aromatic heterocycles. The summed E-state index contributed by atoms with van der Waals surface area (Å²) in [6.07, 6.45) is 8.33. The van der Waals surface area contributed by atoms with Gasteiger partial charge in [-0.05, 0) is 60.5 Å². The molecule has 1 aromatic carbocycles. The Bertz CT molecular complexity index is 904. The molecule has 1 fully saturated rings. The number of fused-ring (bicyclic) bond motifs is 1. The summed E-state index contributed by atoms with van der Waals surface area (Å²) < 4.78 is 6.07. The maximum atomic E-state index is 9.81. The summed E-state index contributed by atoms with van der Waals surface area (Å²) in [6, 6.07) is 7.87. The molecule has 0 aliphatic heterocycles. The molecule has 0 amide bonds. The Hall–Kier alpha value is -2.44. The van der Waals surface area contributed by atoms with Crippen molar-refractivity contribution in [1.29, 1.82) is 0 Å². The average Bonchev–Trinajstić information content (AvgIpc) is 2.64. The third-order valence-corrected chi connectivity index (χ3v) is 4.72. The number of aliphatic hydroxyl groups excluding tert-OH is 1. The molecule has 0 bridgehead atoms. The smallest absolute Gasteiger partial charge is 0.222 e. The summed E-state index contributed by atoms with van der Waals surface area (Å²) in [5.74, 6) is 1.52. The third-order valence-electron chi connectivity index (χ3n) is 4.52. The first-order valence-electron chi connectivity index (χ1n) is 8.65. The molecule has 2 N–H and O–H groups in total. The first-order valence-corrected chi connectivity index (χ1v) is 9.03. The number of aliphatic hydroxyl groups is 1. The number of aromatic nitrogens is 3. The van der Waals surface area contributed by atoms with Crippen molar-refractivity contribution in [2.45, 2.75) is 37.9 Å². The number of pyridine rings is 1. The van der Waals surface area contributed by atoms with Crippen LogP contribution in [0.2, 0.25) is 5.28 Å². The van der Waals surface area contributed by atoms with Gasteiger partial charge in [0.15, 0.2) is 0 Å². The van der Waals surface area contributed by atoms with Crippen LogP contribution in [0.1, 0.15) is 25.7 Å². The second-order valence-electron chi connectivity index (χ2n) is 6.47. The second kappa shape index (κ2) is 7.43. The Balaban J connectivity index is 1.56. The van der Waals surface area contributed by atoms with Crippen molar-refractivity contribution in [3.63, 3.8) is 0 Å². The summed E-state index contributed by atoms with van der Waals surface area (Å²) in [5, 5.41) is 15.2. The van der Waals surface area contributed by atoms with Crippen molar-refractivity contribution in [2.75, 3.05) is 5.32 Å². The maximum Gasteiger partial charge on any atom is 0.222 e. The molecular weight excluding hydrogens is 352 g/mol. The van der Waals surface area contributed by atoms with Crippen LogP contribution in [0.4, 0.5) is 11.5 Å². The molecule has 1 saturated carbocycles. The van der Waals surface area contributed by atoms with Crippen LogP contribution >= 0.6 is 11.6 Å². The number of halogens is 1. The average molecular weight is 371 g/mol. The number of nitrogens with one attached hydrogen (secondary N) is 1. The lowest BCUT2D eigenvalue weighted by Gasteiger charge is -2.26. The molecule has 4 rings (SSSR count). The van der Waals surface area contributed by atoms with Crippen molar-refractivity contribution < 1.29 is 9.84 Å². The Morgan fingerprint density at radius 1 is 1.12 bits per heavy atom. The minimum absolute atomic E-state index is 0.0712. The fraction of sp³-hybridized carbons (Fsp3) is 0.316.